The molecule has 0 saturated heterocycles. The summed E-state index contributed by atoms with van der Waals surface area (Å²) in [4.78, 5) is 33.8. The molecule has 1 atom stereocenters. The fraction of sp³-hybridized carbons (Fsp3) is 0.231. The molecule has 1 unspecified atom stereocenters. The van der Waals surface area contributed by atoms with Crippen LogP contribution >= 0.6 is 11.6 Å². The Labute approximate surface area is 224 Å². The van der Waals surface area contributed by atoms with E-state index in [-0.39, 0.29) is 34.5 Å². The van der Waals surface area contributed by atoms with Gasteiger partial charge in [0, 0.05) is 30.4 Å². The zero-order valence-corrected chi connectivity index (χ0v) is 22.7. The van der Waals surface area contributed by atoms with Crippen molar-refractivity contribution < 1.29 is 17.9 Å². The number of fused-ring (bicyclic) bond motifs is 1. The molecule has 198 valence electrons. The molecule has 0 spiro atoms. The molecule has 0 radical (unpaired) electrons. The van der Waals surface area contributed by atoms with E-state index in [1.54, 1.807) is 51.2 Å². The Morgan fingerprint density at radius 3 is 2.58 bits per heavy atom. The lowest BCUT2D eigenvalue weighted by Crippen LogP contribution is -2.32. The highest BCUT2D eigenvalue weighted by atomic mass is 35.5. The molecule has 0 bridgehead atoms. The highest BCUT2D eigenvalue weighted by Crippen LogP contribution is 2.31. The van der Waals surface area contributed by atoms with Crippen molar-refractivity contribution in [2.24, 2.45) is 5.92 Å². The molecule has 0 aliphatic carbocycles. The number of pyridine rings is 1. The number of carbonyl (C=O) groups excluding carboxylic acids is 1. The third kappa shape index (κ3) is 5.48. The smallest absolute Gasteiger partial charge is 0.262 e. The predicted octanol–water partition coefficient (Wildman–Crippen LogP) is 3.61. The van der Waals surface area contributed by atoms with Crippen LogP contribution in [0.2, 0.25) is 5.02 Å². The summed E-state index contributed by atoms with van der Waals surface area (Å²) in [6, 6.07) is 11.2. The number of benzene rings is 2. The maximum absolute atomic E-state index is 13.2. The fourth-order valence-electron chi connectivity index (χ4n) is 4.05. The van der Waals surface area contributed by atoms with E-state index in [2.05, 4.69) is 20.0 Å². The van der Waals surface area contributed by atoms with Crippen molar-refractivity contribution >= 4 is 44.1 Å². The van der Waals surface area contributed by atoms with Gasteiger partial charge < -0.3 is 10.1 Å². The molecule has 2 heterocycles. The van der Waals surface area contributed by atoms with Crippen molar-refractivity contribution in [2.75, 3.05) is 18.9 Å². The third-order valence-corrected chi connectivity index (χ3v) is 7.80. The molecule has 2 N–H and O–H groups in total. The summed E-state index contributed by atoms with van der Waals surface area (Å²) in [7, 11) is -1.06. The number of hydrogen-bond donors (Lipinski definition) is 2. The zero-order chi connectivity index (χ0) is 27.6. The van der Waals surface area contributed by atoms with Gasteiger partial charge in [-0.25, -0.2) is 18.4 Å². The summed E-state index contributed by atoms with van der Waals surface area (Å²) in [5.74, 6) is -0.526. The summed E-state index contributed by atoms with van der Waals surface area (Å²) >= 11 is 5.98. The lowest BCUT2D eigenvalue weighted by Gasteiger charge is -2.14. The normalized spacial score (nSPS) is 12.2. The van der Waals surface area contributed by atoms with Crippen molar-refractivity contribution in [1.29, 1.82) is 0 Å². The number of rotatable bonds is 8. The number of carbonyl (C=O) groups is 1. The van der Waals surface area contributed by atoms with Crippen LogP contribution in [0.1, 0.15) is 12.5 Å². The van der Waals surface area contributed by atoms with Gasteiger partial charge in [0.2, 0.25) is 11.8 Å². The second kappa shape index (κ2) is 10.8. The molecule has 12 heteroatoms. The summed E-state index contributed by atoms with van der Waals surface area (Å²) < 4.78 is 35.5. The number of halogens is 1. The van der Waals surface area contributed by atoms with Crippen LogP contribution in [-0.4, -0.2) is 43.0 Å². The SMILES string of the molecule is CNC(=O)C(C)Cn1cnc2ccc(-c3cnc(OC)c(NS(=O)(=O)c4ccc(Cl)cc4C)c3)cc2c1=O. The van der Waals surface area contributed by atoms with E-state index in [0.29, 0.717) is 32.6 Å². The van der Waals surface area contributed by atoms with E-state index in [1.807, 2.05) is 0 Å². The zero-order valence-electron chi connectivity index (χ0n) is 21.1. The van der Waals surface area contributed by atoms with Crippen LogP contribution in [0, 0.1) is 12.8 Å². The largest absolute Gasteiger partial charge is 0.480 e. The Hall–Kier alpha value is -3.96. The van der Waals surface area contributed by atoms with Crippen LogP contribution in [0.5, 0.6) is 5.88 Å². The van der Waals surface area contributed by atoms with Crippen molar-refractivity contribution in [1.82, 2.24) is 19.9 Å². The van der Waals surface area contributed by atoms with Crippen LogP contribution in [0.25, 0.3) is 22.0 Å². The van der Waals surface area contributed by atoms with E-state index >= 15 is 0 Å². The van der Waals surface area contributed by atoms with Gasteiger partial charge in [0.15, 0.2) is 0 Å². The minimum Gasteiger partial charge on any atom is -0.480 e. The number of aryl methyl sites for hydroxylation is 1. The molecule has 38 heavy (non-hydrogen) atoms. The van der Waals surface area contributed by atoms with Gasteiger partial charge in [-0.15, -0.1) is 0 Å². The van der Waals surface area contributed by atoms with Crippen molar-refractivity contribution in [3.63, 3.8) is 0 Å². The first-order valence-corrected chi connectivity index (χ1v) is 13.4. The first kappa shape index (κ1) is 27.1. The minimum atomic E-state index is -3.98. The summed E-state index contributed by atoms with van der Waals surface area (Å²) in [5, 5.41) is 3.35. The number of ether oxygens (including phenoxy) is 1. The van der Waals surface area contributed by atoms with Gasteiger partial charge >= 0.3 is 0 Å². The number of amides is 1. The van der Waals surface area contributed by atoms with E-state index in [9.17, 15) is 18.0 Å². The number of aromatic nitrogens is 3. The average Bonchev–Trinajstić information content (AvgIpc) is 2.89. The molecular formula is C26H26ClN5O5S. The van der Waals surface area contributed by atoms with E-state index in [1.165, 1.54) is 36.3 Å². The van der Waals surface area contributed by atoms with Gasteiger partial charge in [0.1, 0.15) is 5.69 Å². The Balaban J connectivity index is 1.73. The summed E-state index contributed by atoms with van der Waals surface area (Å²) in [6.07, 6.45) is 2.94. The van der Waals surface area contributed by atoms with Gasteiger partial charge in [-0.2, -0.15) is 0 Å². The second-order valence-corrected chi connectivity index (χ2v) is 10.8. The maximum Gasteiger partial charge on any atom is 0.262 e. The standard InChI is InChI=1S/C26H26ClN5O5S/c1-15-9-19(27)6-8-23(15)38(35,36)31-22-11-18(12-29-25(22)37-4)17-5-7-21-20(10-17)26(34)32(14-30-21)13-16(2)24(33)28-3/h5-12,14,16,31H,13H2,1-4H3,(H,28,33). The van der Waals surface area contributed by atoms with Gasteiger partial charge in [-0.1, -0.05) is 24.6 Å². The molecule has 2 aromatic heterocycles. The number of sulfonamides is 1. The minimum absolute atomic E-state index is 0.0673. The Kier molecular flexibility index (Phi) is 7.70. The predicted molar refractivity (Wildman–Crippen MR) is 146 cm³/mol. The van der Waals surface area contributed by atoms with Crippen LogP contribution in [-0.2, 0) is 21.4 Å². The van der Waals surface area contributed by atoms with Gasteiger partial charge in [-0.05, 0) is 54.4 Å². The fourth-order valence-corrected chi connectivity index (χ4v) is 5.56. The van der Waals surface area contributed by atoms with Crippen molar-refractivity contribution in [2.45, 2.75) is 25.3 Å². The molecule has 2 aromatic carbocycles. The quantitative estimate of drug-likeness (QED) is 0.339. The van der Waals surface area contributed by atoms with Crippen molar-refractivity contribution in [3.8, 4) is 17.0 Å². The number of hydrogen-bond acceptors (Lipinski definition) is 7. The van der Waals surface area contributed by atoms with Gasteiger partial charge in [0.25, 0.3) is 15.6 Å². The van der Waals surface area contributed by atoms with Gasteiger partial charge in [0.05, 0.1) is 35.2 Å². The van der Waals surface area contributed by atoms with Crippen LogP contribution < -0.4 is 20.3 Å². The monoisotopic (exact) mass is 555 g/mol. The van der Waals surface area contributed by atoms with Crippen molar-refractivity contribution in [3.05, 3.63) is 75.9 Å². The Bertz CT molecular complexity index is 1700. The third-order valence-electron chi connectivity index (χ3n) is 6.04. The molecule has 4 rings (SSSR count). The van der Waals surface area contributed by atoms with E-state index < -0.39 is 15.9 Å². The molecule has 1 amide bonds. The second-order valence-electron chi connectivity index (χ2n) is 8.75. The van der Waals surface area contributed by atoms with E-state index in [4.69, 9.17) is 16.3 Å². The summed E-state index contributed by atoms with van der Waals surface area (Å²) in [5.41, 5.74) is 1.97. The molecule has 0 aliphatic rings. The average molecular weight is 556 g/mol. The van der Waals surface area contributed by atoms with Crippen LogP contribution in [0.3, 0.4) is 0 Å². The maximum atomic E-state index is 13.2. The summed E-state index contributed by atoms with van der Waals surface area (Å²) in [6.45, 7) is 3.55. The molecule has 10 nitrogen and oxygen atoms in total. The Morgan fingerprint density at radius 1 is 1.13 bits per heavy atom. The lowest BCUT2D eigenvalue weighted by atomic mass is 10.0. The molecule has 0 saturated carbocycles. The number of anilines is 1. The highest BCUT2D eigenvalue weighted by molar-refractivity contribution is 7.92. The van der Waals surface area contributed by atoms with Crippen LogP contribution in [0.4, 0.5) is 5.69 Å². The first-order valence-electron chi connectivity index (χ1n) is 11.6. The Morgan fingerprint density at radius 2 is 1.89 bits per heavy atom. The molecule has 0 aliphatic heterocycles. The number of methoxy groups -OCH3 is 1. The first-order chi connectivity index (χ1) is 18.0. The molecule has 0 fully saturated rings. The molecule has 4 aromatic rings. The number of nitrogens with one attached hydrogen (secondary N) is 2. The number of nitrogens with zero attached hydrogens (tertiary/aromatic N) is 3. The highest BCUT2D eigenvalue weighted by Gasteiger charge is 2.21. The van der Waals surface area contributed by atoms with E-state index in [0.717, 1.165) is 0 Å². The van der Waals surface area contributed by atoms with Crippen LogP contribution in [0.15, 0.2) is 64.7 Å². The van der Waals surface area contributed by atoms with Gasteiger partial charge in [-0.3, -0.25) is 18.9 Å². The lowest BCUT2D eigenvalue weighted by molar-refractivity contribution is -0.124. The topological polar surface area (TPSA) is 132 Å². The molecular weight excluding hydrogens is 530 g/mol.